The lowest BCUT2D eigenvalue weighted by molar-refractivity contribution is 0.0692. The summed E-state index contributed by atoms with van der Waals surface area (Å²) < 4.78 is 6.18. The van der Waals surface area contributed by atoms with Crippen molar-refractivity contribution >= 4 is 16.9 Å². The predicted molar refractivity (Wildman–Crippen MR) is 99.7 cm³/mol. The number of pyridine rings is 1. The van der Waals surface area contributed by atoms with Crippen LogP contribution in [0.1, 0.15) is 29.9 Å². The first-order valence-corrected chi connectivity index (χ1v) is 8.52. The molecular formula is C20H16N4O3. The van der Waals surface area contributed by atoms with E-state index in [2.05, 4.69) is 20.2 Å². The maximum Gasteiger partial charge on any atom is 0.352 e. The van der Waals surface area contributed by atoms with Gasteiger partial charge in [0.2, 0.25) is 0 Å². The minimum Gasteiger partial charge on any atom is -0.481 e. The molecule has 1 aromatic carbocycles. The second kappa shape index (κ2) is 5.20. The predicted octanol–water partition coefficient (Wildman–Crippen LogP) is 3.95. The zero-order chi connectivity index (χ0) is 18.8. The number of aromatic carboxylic acids is 1. The Hall–Kier alpha value is -3.61. The molecule has 3 aromatic heterocycles. The third-order valence-electron chi connectivity index (χ3n) is 4.96. The molecule has 0 bridgehead atoms. The SMILES string of the molecule is CC1(C)Oc2cnccc2-c2[nH]c(C(=O)O)c(-c3ccc4[nH]ncc4c3)c21. The Labute approximate surface area is 154 Å². The highest BCUT2D eigenvalue weighted by molar-refractivity contribution is 6.00. The summed E-state index contributed by atoms with van der Waals surface area (Å²) in [6.07, 6.45) is 5.04. The molecule has 134 valence electrons. The Morgan fingerprint density at radius 3 is 2.89 bits per heavy atom. The van der Waals surface area contributed by atoms with E-state index in [1.54, 1.807) is 18.6 Å². The zero-order valence-corrected chi connectivity index (χ0v) is 14.7. The van der Waals surface area contributed by atoms with Crippen molar-refractivity contribution in [2.75, 3.05) is 0 Å². The van der Waals surface area contributed by atoms with E-state index in [4.69, 9.17) is 4.74 Å². The van der Waals surface area contributed by atoms with Crippen molar-refractivity contribution in [2.24, 2.45) is 0 Å². The average Bonchev–Trinajstić information content (AvgIpc) is 3.26. The molecule has 27 heavy (non-hydrogen) atoms. The van der Waals surface area contributed by atoms with Crippen molar-refractivity contribution < 1.29 is 14.6 Å². The van der Waals surface area contributed by atoms with E-state index in [-0.39, 0.29) is 5.69 Å². The van der Waals surface area contributed by atoms with Crippen LogP contribution in [0.3, 0.4) is 0 Å². The third-order valence-corrected chi connectivity index (χ3v) is 4.96. The van der Waals surface area contributed by atoms with E-state index in [9.17, 15) is 9.90 Å². The molecule has 0 saturated carbocycles. The molecule has 0 radical (unpaired) electrons. The fourth-order valence-corrected chi connectivity index (χ4v) is 3.85. The van der Waals surface area contributed by atoms with Gasteiger partial charge < -0.3 is 14.8 Å². The summed E-state index contributed by atoms with van der Waals surface area (Å²) in [7, 11) is 0. The van der Waals surface area contributed by atoms with Gasteiger partial charge in [0.15, 0.2) is 0 Å². The summed E-state index contributed by atoms with van der Waals surface area (Å²) in [6.45, 7) is 3.86. The summed E-state index contributed by atoms with van der Waals surface area (Å²) in [6, 6.07) is 7.56. The van der Waals surface area contributed by atoms with Gasteiger partial charge in [-0.05, 0) is 37.6 Å². The molecule has 4 aromatic rings. The Balaban J connectivity index is 1.87. The molecule has 1 aliphatic heterocycles. The number of fused-ring (bicyclic) bond motifs is 4. The number of ether oxygens (including phenoxy) is 1. The van der Waals surface area contributed by atoms with Crippen LogP contribution in [0.2, 0.25) is 0 Å². The van der Waals surface area contributed by atoms with Gasteiger partial charge in [-0.15, -0.1) is 0 Å². The van der Waals surface area contributed by atoms with Crippen molar-refractivity contribution in [1.82, 2.24) is 20.2 Å². The van der Waals surface area contributed by atoms with Crippen LogP contribution in [0.15, 0.2) is 42.9 Å². The topological polar surface area (TPSA) is 104 Å². The number of aromatic amines is 2. The number of benzene rings is 1. The molecule has 0 fully saturated rings. The molecule has 7 heteroatoms. The van der Waals surface area contributed by atoms with Crippen molar-refractivity contribution in [3.63, 3.8) is 0 Å². The van der Waals surface area contributed by atoms with E-state index in [1.165, 1.54) is 0 Å². The Morgan fingerprint density at radius 1 is 1.22 bits per heavy atom. The molecule has 3 N–H and O–H groups in total. The normalized spacial score (nSPS) is 14.4. The summed E-state index contributed by atoms with van der Waals surface area (Å²) in [5.74, 6) is -0.386. The summed E-state index contributed by atoms with van der Waals surface area (Å²) in [5.41, 5.74) is 4.12. The quantitative estimate of drug-likeness (QED) is 0.502. The van der Waals surface area contributed by atoms with Gasteiger partial charge in [-0.25, -0.2) is 4.79 Å². The third kappa shape index (κ3) is 2.18. The van der Waals surface area contributed by atoms with Crippen molar-refractivity contribution in [1.29, 1.82) is 0 Å². The maximum atomic E-state index is 12.0. The lowest BCUT2D eigenvalue weighted by Crippen LogP contribution is -2.29. The molecule has 5 rings (SSSR count). The number of nitrogens with zero attached hydrogens (tertiary/aromatic N) is 2. The van der Waals surface area contributed by atoms with Crippen molar-refractivity contribution in [2.45, 2.75) is 19.4 Å². The van der Waals surface area contributed by atoms with E-state index < -0.39 is 11.6 Å². The van der Waals surface area contributed by atoms with Gasteiger partial charge in [0.1, 0.15) is 17.0 Å². The zero-order valence-electron chi connectivity index (χ0n) is 14.7. The number of hydrogen-bond donors (Lipinski definition) is 3. The van der Waals surface area contributed by atoms with Gasteiger partial charge in [0, 0.05) is 28.3 Å². The number of carboxylic acids is 1. The number of carbonyl (C=O) groups is 1. The standard InChI is InChI=1S/C20H16N4O3/c1-20(2)16-15(10-3-4-13-11(7-10)8-22-24-13)18(19(25)26)23-17(16)12-5-6-21-9-14(12)27-20/h3-9,23H,1-2H3,(H,22,24)(H,25,26). The van der Waals surface area contributed by atoms with E-state index in [1.807, 2.05) is 38.1 Å². The lowest BCUT2D eigenvalue weighted by atomic mass is 9.85. The van der Waals surface area contributed by atoms with E-state index in [0.717, 1.165) is 33.3 Å². The first-order chi connectivity index (χ1) is 13.0. The first kappa shape index (κ1) is 15.6. The largest absolute Gasteiger partial charge is 0.481 e. The fraction of sp³-hybridized carbons (Fsp3) is 0.150. The number of nitrogens with one attached hydrogen (secondary N) is 2. The number of aromatic nitrogens is 4. The van der Waals surface area contributed by atoms with Crippen LogP contribution in [-0.2, 0) is 5.60 Å². The monoisotopic (exact) mass is 360 g/mol. The van der Waals surface area contributed by atoms with E-state index in [0.29, 0.717) is 11.3 Å². The van der Waals surface area contributed by atoms with Gasteiger partial charge in [0.05, 0.1) is 23.6 Å². The average molecular weight is 360 g/mol. The number of rotatable bonds is 2. The number of carboxylic acid groups (broad SMARTS) is 1. The summed E-state index contributed by atoms with van der Waals surface area (Å²) >= 11 is 0. The van der Waals surface area contributed by atoms with Gasteiger partial charge in [0.25, 0.3) is 0 Å². The summed E-state index contributed by atoms with van der Waals surface area (Å²) in [4.78, 5) is 19.3. The molecule has 4 heterocycles. The first-order valence-electron chi connectivity index (χ1n) is 8.52. The van der Waals surface area contributed by atoms with Gasteiger partial charge in [-0.2, -0.15) is 5.10 Å². The molecule has 0 saturated heterocycles. The van der Waals surface area contributed by atoms with Crippen molar-refractivity contribution in [3.8, 4) is 28.1 Å². The van der Waals surface area contributed by atoms with Crippen LogP contribution in [0.4, 0.5) is 0 Å². The molecule has 0 aliphatic carbocycles. The lowest BCUT2D eigenvalue weighted by Gasteiger charge is -2.33. The van der Waals surface area contributed by atoms with E-state index >= 15 is 0 Å². The maximum absolute atomic E-state index is 12.0. The minimum absolute atomic E-state index is 0.143. The second-order valence-corrected chi connectivity index (χ2v) is 7.09. The summed E-state index contributed by atoms with van der Waals surface area (Å²) in [5, 5.41) is 17.7. The molecule has 1 aliphatic rings. The van der Waals surface area contributed by atoms with Gasteiger partial charge in [-0.3, -0.25) is 10.1 Å². The molecule has 0 atom stereocenters. The highest BCUT2D eigenvalue weighted by Gasteiger charge is 2.39. The van der Waals surface area contributed by atoms with Gasteiger partial charge in [-0.1, -0.05) is 6.07 Å². The van der Waals surface area contributed by atoms with Crippen LogP contribution in [-0.4, -0.2) is 31.2 Å². The van der Waals surface area contributed by atoms with Crippen LogP contribution >= 0.6 is 0 Å². The smallest absolute Gasteiger partial charge is 0.352 e. The minimum atomic E-state index is -1.02. The molecule has 0 spiro atoms. The Kier molecular flexibility index (Phi) is 3.01. The highest BCUT2D eigenvalue weighted by Crippen LogP contribution is 2.49. The molecular weight excluding hydrogens is 344 g/mol. The van der Waals surface area contributed by atoms with Crippen LogP contribution in [0.5, 0.6) is 5.75 Å². The highest BCUT2D eigenvalue weighted by atomic mass is 16.5. The molecule has 0 amide bonds. The number of H-pyrrole nitrogens is 2. The van der Waals surface area contributed by atoms with Crippen LogP contribution in [0.25, 0.3) is 33.3 Å². The van der Waals surface area contributed by atoms with Crippen molar-refractivity contribution in [3.05, 3.63) is 54.1 Å². The Morgan fingerprint density at radius 2 is 2.07 bits per heavy atom. The molecule has 0 unspecified atom stereocenters. The van der Waals surface area contributed by atoms with Crippen LogP contribution < -0.4 is 4.74 Å². The fourth-order valence-electron chi connectivity index (χ4n) is 3.85. The molecule has 7 nitrogen and oxygen atoms in total. The Bertz CT molecular complexity index is 1220. The number of hydrogen-bond acceptors (Lipinski definition) is 4. The second-order valence-electron chi connectivity index (χ2n) is 7.09. The van der Waals surface area contributed by atoms with Crippen LogP contribution in [0, 0.1) is 0 Å². The van der Waals surface area contributed by atoms with Gasteiger partial charge >= 0.3 is 5.97 Å².